The molecule has 110 valence electrons. The molecule has 0 atom stereocenters. The molecule has 2 N–H and O–H groups in total. The molecule has 0 spiro atoms. The fourth-order valence-corrected chi connectivity index (χ4v) is 2.85. The van der Waals surface area contributed by atoms with Gasteiger partial charge in [-0.3, -0.25) is 0 Å². The molecule has 4 heteroatoms. The fourth-order valence-electron chi connectivity index (χ4n) is 2.85. The number of aryl methyl sites for hydroxylation is 2. The molecule has 0 bridgehead atoms. The maximum Gasteiger partial charge on any atom is 0.229 e. The van der Waals surface area contributed by atoms with Gasteiger partial charge in [0.25, 0.3) is 0 Å². The number of benzene rings is 1. The monoisotopic (exact) mass is 282 g/mol. The highest BCUT2D eigenvalue weighted by molar-refractivity contribution is 5.59. The molecule has 1 aromatic heterocycles. The number of aromatic nitrogens is 2. The molecule has 1 aromatic carbocycles. The van der Waals surface area contributed by atoms with Crippen molar-refractivity contribution in [1.82, 2.24) is 9.97 Å². The van der Waals surface area contributed by atoms with E-state index in [4.69, 9.17) is 0 Å². The molecule has 0 aliphatic heterocycles. The number of nitrogens with zero attached hydrogens (tertiary/aromatic N) is 2. The summed E-state index contributed by atoms with van der Waals surface area (Å²) in [4.78, 5) is 8.87. The largest absolute Gasteiger partial charge is 0.367 e. The van der Waals surface area contributed by atoms with Crippen LogP contribution in [0.5, 0.6) is 0 Å². The first-order valence-electron chi connectivity index (χ1n) is 7.64. The van der Waals surface area contributed by atoms with Crippen molar-refractivity contribution in [2.24, 2.45) is 0 Å². The Hall–Kier alpha value is -2.10. The molecule has 1 heterocycles. The van der Waals surface area contributed by atoms with E-state index in [0.717, 1.165) is 11.5 Å². The van der Waals surface area contributed by atoms with Gasteiger partial charge in [-0.25, -0.2) is 4.98 Å². The summed E-state index contributed by atoms with van der Waals surface area (Å²) in [5.41, 5.74) is 3.52. The lowest BCUT2D eigenvalue weighted by Gasteiger charge is -2.14. The second kappa shape index (κ2) is 6.12. The highest BCUT2D eigenvalue weighted by atomic mass is 15.1. The summed E-state index contributed by atoms with van der Waals surface area (Å²) in [6, 6.07) is 8.82. The smallest absolute Gasteiger partial charge is 0.229 e. The van der Waals surface area contributed by atoms with Crippen molar-refractivity contribution in [3.05, 3.63) is 41.6 Å². The van der Waals surface area contributed by atoms with Crippen LogP contribution in [0.1, 0.15) is 36.8 Å². The van der Waals surface area contributed by atoms with Crippen LogP contribution >= 0.6 is 0 Å². The average Bonchev–Trinajstić information content (AvgIpc) is 2.95. The van der Waals surface area contributed by atoms with Crippen LogP contribution in [0.4, 0.5) is 17.5 Å². The Balaban J connectivity index is 1.73. The van der Waals surface area contributed by atoms with E-state index in [1.165, 1.54) is 36.8 Å². The Kier molecular flexibility index (Phi) is 4.04. The lowest BCUT2D eigenvalue weighted by Crippen LogP contribution is -2.16. The van der Waals surface area contributed by atoms with E-state index >= 15 is 0 Å². The molecule has 4 nitrogen and oxygen atoms in total. The maximum absolute atomic E-state index is 4.56. The molecule has 1 aliphatic carbocycles. The lowest BCUT2D eigenvalue weighted by molar-refractivity contribution is 0.750. The maximum atomic E-state index is 4.56. The number of rotatable bonds is 4. The van der Waals surface area contributed by atoms with E-state index in [2.05, 4.69) is 52.6 Å². The predicted molar refractivity (Wildman–Crippen MR) is 87.1 cm³/mol. The van der Waals surface area contributed by atoms with Crippen LogP contribution in [0, 0.1) is 13.8 Å². The highest BCUT2D eigenvalue weighted by Crippen LogP contribution is 2.23. The number of anilines is 3. The van der Waals surface area contributed by atoms with Crippen LogP contribution in [0.3, 0.4) is 0 Å². The second-order valence-electron chi connectivity index (χ2n) is 5.83. The first-order valence-corrected chi connectivity index (χ1v) is 7.64. The van der Waals surface area contributed by atoms with Gasteiger partial charge in [-0.05, 0) is 44.4 Å². The molecule has 1 fully saturated rings. The standard InChI is InChI=1S/C17H22N4/c1-12-7-8-15(13(2)11-12)20-17-18-10-9-16(21-17)19-14-5-3-4-6-14/h7-11,14H,3-6H2,1-2H3,(H2,18,19,20,21). The van der Waals surface area contributed by atoms with Gasteiger partial charge in [-0.15, -0.1) is 0 Å². The van der Waals surface area contributed by atoms with Crippen LogP contribution < -0.4 is 10.6 Å². The van der Waals surface area contributed by atoms with Crippen molar-refractivity contribution < 1.29 is 0 Å². The minimum absolute atomic E-state index is 0.564. The van der Waals surface area contributed by atoms with Gasteiger partial charge < -0.3 is 10.6 Å². The molecule has 0 unspecified atom stereocenters. The minimum Gasteiger partial charge on any atom is -0.367 e. The zero-order valence-corrected chi connectivity index (χ0v) is 12.7. The number of hydrogen-bond donors (Lipinski definition) is 2. The first-order chi connectivity index (χ1) is 10.2. The molecular weight excluding hydrogens is 260 g/mol. The third kappa shape index (κ3) is 3.51. The van der Waals surface area contributed by atoms with E-state index in [-0.39, 0.29) is 0 Å². The second-order valence-corrected chi connectivity index (χ2v) is 5.83. The predicted octanol–water partition coefficient (Wildman–Crippen LogP) is 4.19. The van der Waals surface area contributed by atoms with Gasteiger partial charge in [0.1, 0.15) is 5.82 Å². The summed E-state index contributed by atoms with van der Waals surface area (Å²) >= 11 is 0. The van der Waals surface area contributed by atoms with Crippen molar-refractivity contribution in [3.8, 4) is 0 Å². The van der Waals surface area contributed by atoms with E-state index in [0.29, 0.717) is 12.0 Å². The molecule has 2 aromatic rings. The SMILES string of the molecule is Cc1ccc(Nc2nccc(NC3CCCC3)n2)c(C)c1. The van der Waals surface area contributed by atoms with E-state index in [9.17, 15) is 0 Å². The molecule has 0 amide bonds. The van der Waals surface area contributed by atoms with Crippen molar-refractivity contribution >= 4 is 17.5 Å². The lowest BCUT2D eigenvalue weighted by atomic mass is 10.1. The van der Waals surface area contributed by atoms with Crippen molar-refractivity contribution in [2.75, 3.05) is 10.6 Å². The number of nitrogens with one attached hydrogen (secondary N) is 2. The molecule has 1 aliphatic rings. The third-order valence-corrected chi connectivity index (χ3v) is 3.99. The zero-order valence-electron chi connectivity index (χ0n) is 12.7. The number of hydrogen-bond acceptors (Lipinski definition) is 4. The minimum atomic E-state index is 0.564. The van der Waals surface area contributed by atoms with E-state index in [1.54, 1.807) is 6.20 Å². The highest BCUT2D eigenvalue weighted by Gasteiger charge is 2.15. The topological polar surface area (TPSA) is 49.8 Å². The van der Waals surface area contributed by atoms with Crippen LogP contribution in [0.2, 0.25) is 0 Å². The van der Waals surface area contributed by atoms with Crippen LogP contribution in [-0.4, -0.2) is 16.0 Å². The van der Waals surface area contributed by atoms with Crippen LogP contribution in [0.15, 0.2) is 30.5 Å². The van der Waals surface area contributed by atoms with Gasteiger partial charge in [0.2, 0.25) is 5.95 Å². The molecule has 0 radical (unpaired) electrons. The normalized spacial score (nSPS) is 15.1. The molecule has 21 heavy (non-hydrogen) atoms. The van der Waals surface area contributed by atoms with E-state index in [1.807, 2.05) is 6.07 Å². The third-order valence-electron chi connectivity index (χ3n) is 3.99. The Morgan fingerprint density at radius 1 is 1.10 bits per heavy atom. The van der Waals surface area contributed by atoms with E-state index < -0.39 is 0 Å². The van der Waals surface area contributed by atoms with Crippen LogP contribution in [-0.2, 0) is 0 Å². The van der Waals surface area contributed by atoms with Crippen molar-refractivity contribution in [1.29, 1.82) is 0 Å². The Bertz CT molecular complexity index is 618. The summed E-state index contributed by atoms with van der Waals surface area (Å²) in [7, 11) is 0. The molecule has 1 saturated carbocycles. The van der Waals surface area contributed by atoms with Gasteiger partial charge in [0.05, 0.1) is 0 Å². The average molecular weight is 282 g/mol. The van der Waals surface area contributed by atoms with Gasteiger partial charge in [0, 0.05) is 17.9 Å². The fraction of sp³-hybridized carbons (Fsp3) is 0.412. The summed E-state index contributed by atoms with van der Waals surface area (Å²) in [5, 5.41) is 6.80. The summed E-state index contributed by atoms with van der Waals surface area (Å²) in [5.74, 6) is 1.55. The molecular formula is C17H22N4. The van der Waals surface area contributed by atoms with Crippen molar-refractivity contribution in [3.63, 3.8) is 0 Å². The Morgan fingerprint density at radius 3 is 2.67 bits per heavy atom. The van der Waals surface area contributed by atoms with Crippen molar-refractivity contribution in [2.45, 2.75) is 45.6 Å². The quantitative estimate of drug-likeness (QED) is 0.882. The Morgan fingerprint density at radius 2 is 1.90 bits per heavy atom. The van der Waals surface area contributed by atoms with Gasteiger partial charge in [0.15, 0.2) is 0 Å². The zero-order chi connectivity index (χ0) is 14.7. The van der Waals surface area contributed by atoms with Gasteiger partial charge >= 0.3 is 0 Å². The Labute approximate surface area is 126 Å². The summed E-state index contributed by atoms with van der Waals surface area (Å²) in [6.45, 7) is 4.19. The van der Waals surface area contributed by atoms with Gasteiger partial charge in [-0.2, -0.15) is 4.98 Å². The first kappa shape index (κ1) is 13.9. The molecule has 3 rings (SSSR count). The van der Waals surface area contributed by atoms with Crippen LogP contribution in [0.25, 0.3) is 0 Å². The van der Waals surface area contributed by atoms with Gasteiger partial charge in [-0.1, -0.05) is 30.5 Å². The summed E-state index contributed by atoms with van der Waals surface area (Å²) in [6.07, 6.45) is 6.91. The molecule has 0 saturated heterocycles. The summed E-state index contributed by atoms with van der Waals surface area (Å²) < 4.78 is 0.